The number of aryl methyl sites for hydroxylation is 1. The van der Waals surface area contributed by atoms with Crippen molar-refractivity contribution in [1.29, 1.82) is 0 Å². The number of fused-ring (bicyclic) bond motifs is 1. The van der Waals surface area contributed by atoms with E-state index in [0.717, 1.165) is 12.5 Å². The zero-order valence-electron chi connectivity index (χ0n) is 13.0. The van der Waals surface area contributed by atoms with Crippen LogP contribution in [0.2, 0.25) is 0 Å². The zero-order chi connectivity index (χ0) is 14.7. The highest BCUT2D eigenvalue weighted by atomic mass is 79.9. The van der Waals surface area contributed by atoms with Gasteiger partial charge in [0.2, 0.25) is 0 Å². The van der Waals surface area contributed by atoms with Crippen LogP contribution in [-0.2, 0) is 6.42 Å². The maximum absolute atomic E-state index is 3.80. The van der Waals surface area contributed by atoms with Crippen molar-refractivity contribution < 1.29 is 0 Å². The normalized spacial score (nSPS) is 24.2. The van der Waals surface area contributed by atoms with Gasteiger partial charge in [-0.3, -0.25) is 0 Å². The Morgan fingerprint density at radius 1 is 1.33 bits per heavy atom. The number of piperidine rings is 1. The lowest BCUT2D eigenvalue weighted by Crippen LogP contribution is -2.35. The second kappa shape index (κ2) is 7.58. The van der Waals surface area contributed by atoms with Gasteiger partial charge in [-0.25, -0.2) is 0 Å². The number of halogens is 1. The van der Waals surface area contributed by atoms with E-state index in [1.165, 1.54) is 61.9 Å². The number of likely N-dealkylation sites (tertiary alicyclic amines) is 1. The summed E-state index contributed by atoms with van der Waals surface area (Å²) in [5.74, 6) is 0.942. The van der Waals surface area contributed by atoms with Crippen molar-refractivity contribution >= 4 is 27.3 Å². The Balaban J connectivity index is 1.40. The molecule has 21 heavy (non-hydrogen) atoms. The van der Waals surface area contributed by atoms with E-state index in [1.807, 2.05) is 11.3 Å². The summed E-state index contributed by atoms with van der Waals surface area (Å²) in [7, 11) is 0. The van der Waals surface area contributed by atoms with Crippen molar-refractivity contribution in [3.05, 3.63) is 20.3 Å². The van der Waals surface area contributed by atoms with Crippen molar-refractivity contribution in [2.24, 2.45) is 5.92 Å². The summed E-state index contributed by atoms with van der Waals surface area (Å²) in [5.41, 5.74) is 1.56. The molecule has 0 aromatic carbocycles. The number of rotatable bonds is 5. The molecule has 118 valence electrons. The minimum Gasteiger partial charge on any atom is -0.310 e. The van der Waals surface area contributed by atoms with Crippen LogP contribution in [0.4, 0.5) is 0 Å². The van der Waals surface area contributed by atoms with Gasteiger partial charge in [0.25, 0.3) is 0 Å². The summed E-state index contributed by atoms with van der Waals surface area (Å²) in [6.07, 6.45) is 7.98. The molecule has 3 rings (SSSR count). The fraction of sp³-hybridized carbons (Fsp3) is 0.765. The van der Waals surface area contributed by atoms with Gasteiger partial charge in [-0.15, -0.1) is 11.3 Å². The summed E-state index contributed by atoms with van der Waals surface area (Å²) in [5, 5.41) is 3.80. The standard InChI is InChI=1S/C17H27BrN2S/c1-13-6-10-20(11-7-13)9-3-8-19-15-4-2-5-16-14(15)12-17(18)21-16/h12-13,15,19H,2-11H2,1H3. The highest BCUT2D eigenvalue weighted by Gasteiger charge is 2.22. The monoisotopic (exact) mass is 370 g/mol. The average Bonchev–Trinajstić information content (AvgIpc) is 2.86. The minimum atomic E-state index is 0.595. The molecule has 1 saturated heterocycles. The third-order valence-corrected chi connectivity index (χ3v) is 6.72. The minimum absolute atomic E-state index is 0.595. The highest BCUT2D eigenvalue weighted by Crippen LogP contribution is 2.37. The number of thiophene rings is 1. The molecule has 0 amide bonds. The molecule has 1 aliphatic carbocycles. The van der Waals surface area contributed by atoms with Crippen LogP contribution in [0.15, 0.2) is 9.85 Å². The first-order valence-corrected chi connectivity index (χ1v) is 10.1. The summed E-state index contributed by atoms with van der Waals surface area (Å²) >= 11 is 5.57. The molecular weight excluding hydrogens is 344 g/mol. The molecule has 1 aromatic rings. The number of nitrogens with zero attached hydrogens (tertiary/aromatic N) is 1. The molecule has 0 saturated carbocycles. The Bertz CT molecular complexity index is 452. The molecule has 2 heterocycles. The first-order chi connectivity index (χ1) is 10.2. The molecule has 0 spiro atoms. The van der Waals surface area contributed by atoms with Crippen molar-refractivity contribution in [2.45, 2.75) is 51.5 Å². The molecular formula is C17H27BrN2S. The molecule has 1 N–H and O–H groups in total. The third-order valence-electron chi connectivity index (χ3n) is 5.00. The number of hydrogen-bond donors (Lipinski definition) is 1. The average molecular weight is 371 g/mol. The molecule has 4 heteroatoms. The predicted octanol–water partition coefficient (Wildman–Crippen LogP) is 4.60. The Morgan fingerprint density at radius 2 is 2.14 bits per heavy atom. The van der Waals surface area contributed by atoms with Crippen LogP contribution < -0.4 is 5.32 Å². The van der Waals surface area contributed by atoms with Crippen LogP contribution >= 0.6 is 27.3 Å². The Morgan fingerprint density at radius 3 is 2.95 bits per heavy atom. The lowest BCUT2D eigenvalue weighted by molar-refractivity contribution is 0.189. The summed E-state index contributed by atoms with van der Waals surface area (Å²) in [6, 6.07) is 2.93. The van der Waals surface area contributed by atoms with E-state index in [0.29, 0.717) is 6.04 Å². The summed E-state index contributed by atoms with van der Waals surface area (Å²) in [4.78, 5) is 4.24. The molecule has 0 radical (unpaired) electrons. The zero-order valence-corrected chi connectivity index (χ0v) is 15.4. The van der Waals surface area contributed by atoms with Gasteiger partial charge in [-0.1, -0.05) is 6.92 Å². The Labute approximate surface area is 141 Å². The third kappa shape index (κ3) is 4.31. The van der Waals surface area contributed by atoms with Gasteiger partial charge in [0, 0.05) is 10.9 Å². The van der Waals surface area contributed by atoms with E-state index in [-0.39, 0.29) is 0 Å². The molecule has 1 aliphatic heterocycles. The SMILES string of the molecule is CC1CCN(CCCNC2CCCc3sc(Br)cc32)CC1. The predicted molar refractivity (Wildman–Crippen MR) is 95.2 cm³/mol. The summed E-state index contributed by atoms with van der Waals surface area (Å²) < 4.78 is 1.30. The molecule has 2 nitrogen and oxygen atoms in total. The first kappa shape index (κ1) is 16.0. The van der Waals surface area contributed by atoms with Gasteiger partial charge in [0.05, 0.1) is 3.79 Å². The van der Waals surface area contributed by atoms with Crippen LogP contribution in [0.25, 0.3) is 0 Å². The Hall–Kier alpha value is 0.100. The van der Waals surface area contributed by atoms with E-state index in [9.17, 15) is 0 Å². The molecule has 0 bridgehead atoms. The van der Waals surface area contributed by atoms with Gasteiger partial charge in [-0.2, -0.15) is 0 Å². The largest absolute Gasteiger partial charge is 0.310 e. The number of nitrogens with one attached hydrogen (secondary N) is 1. The summed E-state index contributed by atoms with van der Waals surface area (Å²) in [6.45, 7) is 7.44. The maximum atomic E-state index is 3.80. The quantitative estimate of drug-likeness (QED) is 0.761. The first-order valence-electron chi connectivity index (χ1n) is 8.46. The van der Waals surface area contributed by atoms with Gasteiger partial charge < -0.3 is 10.2 Å². The van der Waals surface area contributed by atoms with E-state index in [4.69, 9.17) is 0 Å². The van der Waals surface area contributed by atoms with E-state index in [2.05, 4.69) is 39.1 Å². The molecule has 1 fully saturated rings. The fourth-order valence-electron chi connectivity index (χ4n) is 3.60. The topological polar surface area (TPSA) is 15.3 Å². The van der Waals surface area contributed by atoms with E-state index >= 15 is 0 Å². The van der Waals surface area contributed by atoms with Crippen LogP contribution in [0.5, 0.6) is 0 Å². The van der Waals surface area contributed by atoms with Gasteiger partial charge in [0.15, 0.2) is 0 Å². The van der Waals surface area contributed by atoms with Gasteiger partial charge >= 0.3 is 0 Å². The smallest absolute Gasteiger partial charge is 0.0704 e. The van der Waals surface area contributed by atoms with Crippen molar-refractivity contribution in [3.63, 3.8) is 0 Å². The fourth-order valence-corrected chi connectivity index (χ4v) is 5.42. The molecule has 2 aliphatic rings. The van der Waals surface area contributed by atoms with Gasteiger partial charge in [-0.05, 0) is 98.2 Å². The van der Waals surface area contributed by atoms with Crippen molar-refractivity contribution in [3.8, 4) is 0 Å². The van der Waals surface area contributed by atoms with Gasteiger partial charge in [0.1, 0.15) is 0 Å². The van der Waals surface area contributed by atoms with Crippen molar-refractivity contribution in [2.75, 3.05) is 26.2 Å². The maximum Gasteiger partial charge on any atom is 0.0704 e. The lowest BCUT2D eigenvalue weighted by Gasteiger charge is -2.30. The molecule has 1 unspecified atom stereocenters. The number of hydrogen-bond acceptors (Lipinski definition) is 3. The molecule has 1 aromatic heterocycles. The Kier molecular flexibility index (Phi) is 5.77. The van der Waals surface area contributed by atoms with Crippen LogP contribution in [0.1, 0.15) is 55.5 Å². The van der Waals surface area contributed by atoms with E-state index in [1.54, 1.807) is 10.4 Å². The van der Waals surface area contributed by atoms with Crippen molar-refractivity contribution in [1.82, 2.24) is 10.2 Å². The lowest BCUT2D eigenvalue weighted by atomic mass is 9.94. The van der Waals surface area contributed by atoms with E-state index < -0.39 is 0 Å². The molecule has 1 atom stereocenters. The van der Waals surface area contributed by atoms with Crippen LogP contribution in [0, 0.1) is 5.92 Å². The van der Waals surface area contributed by atoms with Crippen LogP contribution in [0.3, 0.4) is 0 Å². The second-order valence-corrected chi connectivity index (χ2v) is 9.22. The van der Waals surface area contributed by atoms with Crippen LogP contribution in [-0.4, -0.2) is 31.1 Å². The highest BCUT2D eigenvalue weighted by molar-refractivity contribution is 9.11. The second-order valence-electron chi connectivity index (χ2n) is 6.71.